The number of nitrogens with zero attached hydrogens (tertiary/aromatic N) is 1. The first-order valence-electron chi connectivity index (χ1n) is 7.58. The monoisotopic (exact) mass is 328 g/mol. The van der Waals surface area contributed by atoms with Crippen molar-refractivity contribution in [2.45, 2.75) is 32.4 Å². The molecule has 1 rings (SSSR count). The van der Waals surface area contributed by atoms with Crippen LogP contribution in [0.4, 0.5) is 0 Å². The highest BCUT2D eigenvalue weighted by atomic mass is 32.2. The van der Waals surface area contributed by atoms with Gasteiger partial charge >= 0.3 is 0 Å². The summed E-state index contributed by atoms with van der Waals surface area (Å²) in [7, 11) is -1.54. The molecule has 2 N–H and O–H groups in total. The molecule has 1 aromatic rings. The van der Waals surface area contributed by atoms with Crippen molar-refractivity contribution in [2.75, 3.05) is 26.4 Å². The second-order valence-electron chi connectivity index (χ2n) is 6.13. The van der Waals surface area contributed by atoms with Gasteiger partial charge in [0.2, 0.25) is 10.0 Å². The molecule has 0 spiro atoms. The van der Waals surface area contributed by atoms with Crippen molar-refractivity contribution < 1.29 is 13.5 Å². The topological polar surface area (TPSA) is 69.6 Å². The van der Waals surface area contributed by atoms with E-state index in [0.717, 1.165) is 5.56 Å². The number of rotatable bonds is 9. The third-order valence-electron chi connectivity index (χ3n) is 3.56. The van der Waals surface area contributed by atoms with Gasteiger partial charge in [0.15, 0.2) is 0 Å². The Morgan fingerprint density at radius 2 is 1.77 bits per heavy atom. The van der Waals surface area contributed by atoms with Crippen molar-refractivity contribution in [1.29, 1.82) is 0 Å². The fraction of sp³-hybridized carbons (Fsp3) is 0.625. The van der Waals surface area contributed by atoms with E-state index in [1.165, 1.54) is 10.6 Å². The Kier molecular flexibility index (Phi) is 7.48. The second-order valence-corrected chi connectivity index (χ2v) is 8.11. The van der Waals surface area contributed by atoms with Crippen LogP contribution < -0.4 is 5.32 Å². The van der Waals surface area contributed by atoms with E-state index in [1.807, 2.05) is 44.2 Å². The Morgan fingerprint density at radius 3 is 2.23 bits per heavy atom. The first-order valence-corrected chi connectivity index (χ1v) is 9.43. The summed E-state index contributed by atoms with van der Waals surface area (Å²) in [4.78, 5) is 0. The molecule has 0 aliphatic carbocycles. The highest BCUT2D eigenvalue weighted by Crippen LogP contribution is 2.11. The summed E-state index contributed by atoms with van der Waals surface area (Å²) in [6.07, 6.45) is 1.07. The van der Waals surface area contributed by atoms with Gasteiger partial charge < -0.3 is 10.4 Å². The summed E-state index contributed by atoms with van der Waals surface area (Å²) in [5.74, 6) is 0.212. The normalized spacial score (nSPS) is 15.2. The Hall–Kier alpha value is -0.950. The zero-order valence-corrected chi connectivity index (χ0v) is 14.7. The van der Waals surface area contributed by atoms with E-state index >= 15 is 0 Å². The molecule has 0 saturated carbocycles. The number of aliphatic hydroxyl groups excluding tert-OH is 1. The summed E-state index contributed by atoms with van der Waals surface area (Å²) < 4.78 is 25.1. The standard InChI is InChI=1S/C16H28N2O3S/c1-13(2)11-18(22(4,20)21)12-16(19)15(17-3)10-14-8-6-5-7-9-14/h5-9,13,15-17,19H,10-12H2,1-4H3. The van der Waals surface area contributed by atoms with Crippen LogP contribution in [-0.4, -0.2) is 56.4 Å². The van der Waals surface area contributed by atoms with Crippen LogP contribution in [0, 0.1) is 5.92 Å². The molecule has 0 bridgehead atoms. The minimum Gasteiger partial charge on any atom is -0.390 e. The molecule has 126 valence electrons. The van der Waals surface area contributed by atoms with E-state index in [2.05, 4.69) is 5.32 Å². The number of hydrogen-bond acceptors (Lipinski definition) is 4. The molecule has 0 saturated heterocycles. The first-order chi connectivity index (χ1) is 10.2. The summed E-state index contributed by atoms with van der Waals surface area (Å²) >= 11 is 0. The quantitative estimate of drug-likeness (QED) is 0.712. The lowest BCUT2D eigenvalue weighted by Crippen LogP contribution is -2.48. The van der Waals surface area contributed by atoms with Crippen LogP contribution in [0.3, 0.4) is 0 Å². The predicted octanol–water partition coefficient (Wildman–Crippen LogP) is 1.10. The molecule has 22 heavy (non-hydrogen) atoms. The smallest absolute Gasteiger partial charge is 0.211 e. The summed E-state index contributed by atoms with van der Waals surface area (Å²) in [6, 6.07) is 9.66. The Balaban J connectivity index is 2.75. The minimum atomic E-state index is -3.32. The van der Waals surface area contributed by atoms with Gasteiger partial charge in [0.25, 0.3) is 0 Å². The van der Waals surface area contributed by atoms with E-state index in [9.17, 15) is 13.5 Å². The minimum absolute atomic E-state index is 0.107. The van der Waals surface area contributed by atoms with Crippen molar-refractivity contribution in [3.8, 4) is 0 Å². The van der Waals surface area contributed by atoms with Crippen LogP contribution in [0.15, 0.2) is 30.3 Å². The van der Waals surface area contributed by atoms with Crippen molar-refractivity contribution in [3.63, 3.8) is 0 Å². The molecule has 0 aromatic heterocycles. The maximum Gasteiger partial charge on any atom is 0.211 e. The van der Waals surface area contributed by atoms with Crippen LogP contribution in [0.1, 0.15) is 19.4 Å². The van der Waals surface area contributed by atoms with Gasteiger partial charge in [-0.25, -0.2) is 8.42 Å². The molecule has 5 nitrogen and oxygen atoms in total. The van der Waals surface area contributed by atoms with Gasteiger partial charge in [-0.15, -0.1) is 0 Å². The molecule has 1 aromatic carbocycles. The van der Waals surface area contributed by atoms with Gasteiger partial charge in [-0.1, -0.05) is 44.2 Å². The molecule has 0 fully saturated rings. The van der Waals surface area contributed by atoms with Crippen molar-refractivity contribution in [2.24, 2.45) is 5.92 Å². The highest BCUT2D eigenvalue weighted by Gasteiger charge is 2.26. The second kappa shape index (κ2) is 8.62. The lowest BCUT2D eigenvalue weighted by molar-refractivity contribution is 0.105. The van der Waals surface area contributed by atoms with Gasteiger partial charge in [0.1, 0.15) is 0 Å². The molecule has 2 unspecified atom stereocenters. The number of hydrogen-bond donors (Lipinski definition) is 2. The van der Waals surface area contributed by atoms with E-state index < -0.39 is 16.1 Å². The van der Waals surface area contributed by atoms with Gasteiger partial charge in [0, 0.05) is 19.1 Å². The third kappa shape index (κ3) is 6.44. The molecular formula is C16H28N2O3S. The molecule has 0 aliphatic heterocycles. The molecule has 0 amide bonds. The number of aliphatic hydroxyl groups is 1. The first kappa shape index (κ1) is 19.1. The van der Waals surface area contributed by atoms with Crippen LogP contribution in [0.25, 0.3) is 0 Å². The summed E-state index contributed by atoms with van der Waals surface area (Å²) in [5.41, 5.74) is 1.11. The van der Waals surface area contributed by atoms with Crippen molar-refractivity contribution >= 4 is 10.0 Å². The fourth-order valence-corrected chi connectivity index (χ4v) is 3.38. The zero-order valence-electron chi connectivity index (χ0n) is 13.9. The molecular weight excluding hydrogens is 300 g/mol. The Bertz CT molecular complexity index is 532. The van der Waals surface area contributed by atoms with Crippen LogP contribution in [0.2, 0.25) is 0 Å². The zero-order chi connectivity index (χ0) is 16.8. The number of likely N-dealkylation sites (N-methyl/N-ethyl adjacent to an activating group) is 1. The molecule has 0 radical (unpaired) electrons. The molecule has 6 heteroatoms. The Morgan fingerprint density at radius 1 is 1.18 bits per heavy atom. The number of nitrogens with one attached hydrogen (secondary N) is 1. The van der Waals surface area contributed by atoms with Crippen LogP contribution in [0.5, 0.6) is 0 Å². The lowest BCUT2D eigenvalue weighted by Gasteiger charge is -2.29. The maximum atomic E-state index is 11.9. The number of benzene rings is 1. The van der Waals surface area contributed by atoms with Crippen molar-refractivity contribution in [3.05, 3.63) is 35.9 Å². The van der Waals surface area contributed by atoms with E-state index in [0.29, 0.717) is 13.0 Å². The lowest BCUT2D eigenvalue weighted by atomic mass is 10.0. The van der Waals surface area contributed by atoms with Gasteiger partial charge in [-0.3, -0.25) is 0 Å². The highest BCUT2D eigenvalue weighted by molar-refractivity contribution is 7.88. The summed E-state index contributed by atoms with van der Waals surface area (Å²) in [5, 5.41) is 13.5. The average molecular weight is 328 g/mol. The van der Waals surface area contributed by atoms with Gasteiger partial charge in [-0.05, 0) is 24.9 Å². The average Bonchev–Trinajstić information content (AvgIpc) is 2.43. The maximum absolute atomic E-state index is 11.9. The SMILES string of the molecule is CNC(Cc1ccccc1)C(O)CN(CC(C)C)S(C)(=O)=O. The third-order valence-corrected chi connectivity index (χ3v) is 4.80. The Labute approximate surface area is 134 Å². The van der Waals surface area contributed by atoms with Crippen LogP contribution in [-0.2, 0) is 16.4 Å². The largest absolute Gasteiger partial charge is 0.390 e. The van der Waals surface area contributed by atoms with Crippen LogP contribution >= 0.6 is 0 Å². The van der Waals surface area contributed by atoms with Crippen molar-refractivity contribution in [1.82, 2.24) is 9.62 Å². The fourth-order valence-electron chi connectivity index (χ4n) is 2.39. The predicted molar refractivity (Wildman–Crippen MR) is 90.3 cm³/mol. The van der Waals surface area contributed by atoms with Gasteiger partial charge in [-0.2, -0.15) is 4.31 Å². The summed E-state index contributed by atoms with van der Waals surface area (Å²) in [6.45, 7) is 4.45. The molecule has 0 heterocycles. The van der Waals surface area contributed by atoms with E-state index in [4.69, 9.17) is 0 Å². The number of sulfonamides is 1. The molecule has 0 aliphatic rings. The van der Waals surface area contributed by atoms with E-state index in [-0.39, 0.29) is 18.5 Å². The van der Waals surface area contributed by atoms with E-state index in [1.54, 1.807) is 7.05 Å². The van der Waals surface area contributed by atoms with Gasteiger partial charge in [0.05, 0.1) is 12.4 Å². The molecule has 2 atom stereocenters.